The predicted octanol–water partition coefficient (Wildman–Crippen LogP) is 2.75. The molecule has 2 atom stereocenters. The van der Waals surface area contributed by atoms with Gasteiger partial charge in [0.1, 0.15) is 11.6 Å². The average Bonchev–Trinajstić information content (AvgIpc) is 2.96. The van der Waals surface area contributed by atoms with Crippen molar-refractivity contribution >= 4 is 11.7 Å². The number of nitrogens with zero attached hydrogens (tertiary/aromatic N) is 2. The molecule has 0 spiro atoms. The number of hydrogen-bond donors (Lipinski definition) is 1. The van der Waals surface area contributed by atoms with Crippen LogP contribution in [0.3, 0.4) is 0 Å². The number of rotatable bonds is 5. The second kappa shape index (κ2) is 7.16. The van der Waals surface area contributed by atoms with E-state index < -0.39 is 5.97 Å². The molecule has 7 heteroatoms. The molecule has 2 bridgehead atoms. The molecule has 2 unspecified atom stereocenters. The van der Waals surface area contributed by atoms with Gasteiger partial charge in [-0.2, -0.15) is 5.26 Å². The van der Waals surface area contributed by atoms with E-state index in [4.69, 9.17) is 14.2 Å². The number of carboxylic acid groups (broad SMARTS) is 1. The predicted molar refractivity (Wildman–Crippen MR) is 94.9 cm³/mol. The monoisotopic (exact) mass is 358 g/mol. The van der Waals surface area contributed by atoms with E-state index in [2.05, 4.69) is 4.90 Å². The highest BCUT2D eigenvalue weighted by Crippen LogP contribution is 2.47. The van der Waals surface area contributed by atoms with Crippen molar-refractivity contribution in [3.8, 4) is 23.3 Å². The number of anilines is 1. The zero-order valence-electron chi connectivity index (χ0n) is 15.1. The lowest BCUT2D eigenvalue weighted by atomic mass is 9.91. The number of methoxy groups -OCH3 is 3. The number of hydrogen-bond acceptors (Lipinski definition) is 6. The fourth-order valence-electron chi connectivity index (χ4n) is 4.15. The molecular weight excluding hydrogens is 336 g/mol. The summed E-state index contributed by atoms with van der Waals surface area (Å²) in [6.07, 6.45) is 3.25. The summed E-state index contributed by atoms with van der Waals surface area (Å²) in [6.45, 7) is 0. The first kappa shape index (κ1) is 17.9. The molecule has 138 valence electrons. The molecular formula is C19H22N2O5. The van der Waals surface area contributed by atoms with E-state index >= 15 is 0 Å². The van der Waals surface area contributed by atoms with Gasteiger partial charge in [-0.25, -0.2) is 4.79 Å². The van der Waals surface area contributed by atoms with Crippen molar-refractivity contribution in [1.29, 1.82) is 5.26 Å². The number of fused-ring (bicyclic) bond motifs is 2. The minimum absolute atomic E-state index is 0.0951. The molecule has 1 aromatic rings. The number of nitriles is 1. The van der Waals surface area contributed by atoms with Crippen molar-refractivity contribution in [3.63, 3.8) is 0 Å². The third kappa shape index (κ3) is 2.81. The summed E-state index contributed by atoms with van der Waals surface area (Å²) in [5.74, 6) is 0.465. The van der Waals surface area contributed by atoms with Crippen molar-refractivity contribution in [1.82, 2.24) is 0 Å². The van der Waals surface area contributed by atoms with Gasteiger partial charge in [-0.1, -0.05) is 0 Å². The Morgan fingerprint density at radius 1 is 1.15 bits per heavy atom. The van der Waals surface area contributed by atoms with Crippen LogP contribution in [0.1, 0.15) is 25.7 Å². The third-order valence-corrected chi connectivity index (χ3v) is 5.25. The van der Waals surface area contributed by atoms with Crippen molar-refractivity contribution in [2.45, 2.75) is 37.8 Å². The summed E-state index contributed by atoms with van der Waals surface area (Å²) in [7, 11) is 4.68. The van der Waals surface area contributed by atoms with Gasteiger partial charge in [-0.05, 0) is 31.3 Å². The molecule has 2 saturated heterocycles. The van der Waals surface area contributed by atoms with Crippen LogP contribution in [0.25, 0.3) is 0 Å². The molecule has 2 heterocycles. The van der Waals surface area contributed by atoms with Gasteiger partial charge < -0.3 is 24.2 Å². The first-order valence-corrected chi connectivity index (χ1v) is 8.50. The highest BCUT2D eigenvalue weighted by molar-refractivity contribution is 5.92. The van der Waals surface area contributed by atoms with Crippen molar-refractivity contribution in [2.75, 3.05) is 26.2 Å². The summed E-state index contributed by atoms with van der Waals surface area (Å²) in [5, 5.41) is 18.7. The largest absolute Gasteiger partial charge is 0.493 e. The van der Waals surface area contributed by atoms with Crippen LogP contribution >= 0.6 is 0 Å². The van der Waals surface area contributed by atoms with E-state index in [0.717, 1.165) is 24.9 Å². The molecule has 0 aromatic heterocycles. The van der Waals surface area contributed by atoms with Crippen LogP contribution in [-0.4, -0.2) is 44.5 Å². The normalized spacial score (nSPS) is 23.2. The second-order valence-corrected chi connectivity index (χ2v) is 6.39. The Hall–Kier alpha value is -2.88. The van der Waals surface area contributed by atoms with Crippen LogP contribution in [0, 0.1) is 11.3 Å². The van der Waals surface area contributed by atoms with E-state index in [9.17, 15) is 15.2 Å². The quantitative estimate of drug-likeness (QED) is 0.639. The van der Waals surface area contributed by atoms with Crippen LogP contribution < -0.4 is 19.1 Å². The SMILES string of the molecule is COc1cc(N2C3CCC(=C(C#N)C(=O)O)C2CC3)cc(OC)c1OC. The molecule has 0 aliphatic carbocycles. The first-order chi connectivity index (χ1) is 12.5. The maximum atomic E-state index is 11.5. The minimum Gasteiger partial charge on any atom is -0.493 e. The lowest BCUT2D eigenvalue weighted by Gasteiger charge is -2.39. The fourth-order valence-corrected chi connectivity index (χ4v) is 4.15. The zero-order valence-corrected chi connectivity index (χ0v) is 15.1. The number of benzene rings is 1. The molecule has 2 aliphatic heterocycles. The van der Waals surface area contributed by atoms with Gasteiger partial charge in [0.2, 0.25) is 5.75 Å². The summed E-state index contributed by atoms with van der Waals surface area (Å²) < 4.78 is 16.3. The second-order valence-electron chi connectivity index (χ2n) is 6.39. The van der Waals surface area contributed by atoms with E-state index in [-0.39, 0.29) is 11.6 Å². The Bertz CT molecular complexity index is 771. The van der Waals surface area contributed by atoms with Gasteiger partial charge in [0.25, 0.3) is 0 Å². The van der Waals surface area contributed by atoms with Crippen LogP contribution in [0.5, 0.6) is 17.2 Å². The van der Waals surface area contributed by atoms with Crippen LogP contribution in [0.15, 0.2) is 23.3 Å². The molecule has 0 saturated carbocycles. The van der Waals surface area contributed by atoms with Crippen LogP contribution in [-0.2, 0) is 4.79 Å². The number of ether oxygens (including phenoxy) is 3. The summed E-state index contributed by atoms with van der Waals surface area (Å²) in [6, 6.07) is 5.84. The van der Waals surface area contributed by atoms with Gasteiger partial charge in [-0.3, -0.25) is 0 Å². The standard InChI is InChI=1S/C19H22N2O5/c1-24-16-8-12(9-17(25-2)18(16)26-3)21-11-4-6-13(15(21)7-5-11)14(10-20)19(22)23/h8-9,11,15H,4-7H2,1-3H3,(H,22,23). The average molecular weight is 358 g/mol. The van der Waals surface area contributed by atoms with Gasteiger partial charge >= 0.3 is 5.97 Å². The topological polar surface area (TPSA) is 92.0 Å². The fraction of sp³-hybridized carbons (Fsp3) is 0.474. The first-order valence-electron chi connectivity index (χ1n) is 8.50. The number of carbonyl (C=O) groups is 1. The molecule has 7 nitrogen and oxygen atoms in total. The molecule has 2 aliphatic rings. The highest BCUT2D eigenvalue weighted by atomic mass is 16.5. The van der Waals surface area contributed by atoms with Gasteiger partial charge in [0.05, 0.1) is 27.4 Å². The Morgan fingerprint density at radius 3 is 2.31 bits per heavy atom. The van der Waals surface area contributed by atoms with Gasteiger partial charge in [-0.15, -0.1) is 0 Å². The lowest BCUT2D eigenvalue weighted by molar-refractivity contribution is -0.132. The Balaban J connectivity index is 2.10. The summed E-state index contributed by atoms with van der Waals surface area (Å²) >= 11 is 0. The molecule has 0 radical (unpaired) electrons. The van der Waals surface area contributed by atoms with Crippen LogP contribution in [0.2, 0.25) is 0 Å². The number of piperidine rings is 1. The van der Waals surface area contributed by atoms with Crippen molar-refractivity contribution in [3.05, 3.63) is 23.3 Å². The highest BCUT2D eigenvalue weighted by Gasteiger charge is 2.42. The molecule has 0 amide bonds. The molecule has 26 heavy (non-hydrogen) atoms. The molecule has 2 fully saturated rings. The lowest BCUT2D eigenvalue weighted by Crippen LogP contribution is -2.42. The van der Waals surface area contributed by atoms with Gasteiger partial charge in [0.15, 0.2) is 11.5 Å². The number of carboxylic acids is 1. The van der Waals surface area contributed by atoms with E-state index in [1.54, 1.807) is 21.3 Å². The smallest absolute Gasteiger partial charge is 0.346 e. The van der Waals surface area contributed by atoms with Crippen LogP contribution in [0.4, 0.5) is 5.69 Å². The van der Waals surface area contributed by atoms with Crippen molar-refractivity contribution < 1.29 is 24.1 Å². The summed E-state index contributed by atoms with van der Waals surface area (Å²) in [4.78, 5) is 13.7. The molecule has 1 aromatic carbocycles. The zero-order chi connectivity index (χ0) is 18.8. The van der Waals surface area contributed by atoms with Gasteiger partial charge in [0, 0.05) is 23.9 Å². The maximum Gasteiger partial charge on any atom is 0.346 e. The summed E-state index contributed by atoms with van der Waals surface area (Å²) in [5.41, 5.74) is 1.46. The minimum atomic E-state index is -1.15. The Morgan fingerprint density at radius 2 is 1.81 bits per heavy atom. The molecule has 3 rings (SSSR count). The Kier molecular flexibility index (Phi) is 4.94. The van der Waals surface area contributed by atoms with E-state index in [1.165, 1.54) is 0 Å². The van der Waals surface area contributed by atoms with E-state index in [0.29, 0.717) is 35.3 Å². The Labute approximate surface area is 152 Å². The molecule has 1 N–H and O–H groups in total. The number of aliphatic carboxylic acids is 1. The third-order valence-electron chi connectivity index (χ3n) is 5.25. The maximum absolute atomic E-state index is 11.5. The van der Waals surface area contributed by atoms with Crippen molar-refractivity contribution in [2.24, 2.45) is 0 Å². The van der Waals surface area contributed by atoms with E-state index in [1.807, 2.05) is 18.2 Å².